The van der Waals surface area contributed by atoms with Crippen LogP contribution in [0.3, 0.4) is 0 Å². The van der Waals surface area contributed by atoms with Crippen LogP contribution < -0.4 is 5.32 Å². The molecular formula is C16H14ClN5O3. The van der Waals surface area contributed by atoms with E-state index in [0.29, 0.717) is 17.4 Å². The van der Waals surface area contributed by atoms with Crippen LogP contribution in [0.2, 0.25) is 5.02 Å². The summed E-state index contributed by atoms with van der Waals surface area (Å²) < 4.78 is 2.83. The molecule has 0 radical (unpaired) electrons. The number of aromatic nitrogens is 4. The average molecular weight is 360 g/mol. The van der Waals surface area contributed by atoms with Crippen LogP contribution in [-0.2, 0) is 17.9 Å². The molecule has 0 atom stereocenters. The Kier molecular flexibility index (Phi) is 4.80. The number of nitrogens with zero attached hydrogens (tertiary/aromatic N) is 4. The molecule has 0 unspecified atom stereocenters. The number of hydrogen-bond acceptors (Lipinski definition) is 4. The zero-order valence-electron chi connectivity index (χ0n) is 13.0. The number of amides is 1. The summed E-state index contributed by atoms with van der Waals surface area (Å²) in [5, 5.41) is 20.1. The van der Waals surface area contributed by atoms with Gasteiger partial charge in [-0.25, -0.2) is 0 Å². The van der Waals surface area contributed by atoms with Gasteiger partial charge < -0.3 is 10.4 Å². The van der Waals surface area contributed by atoms with Crippen molar-refractivity contribution in [1.82, 2.24) is 19.6 Å². The number of carbonyl (C=O) groups excluding carboxylic acids is 1. The number of anilines is 1. The third kappa shape index (κ3) is 4.24. The first kappa shape index (κ1) is 16.7. The zero-order valence-corrected chi connectivity index (χ0v) is 13.7. The van der Waals surface area contributed by atoms with Crippen molar-refractivity contribution < 1.29 is 14.7 Å². The van der Waals surface area contributed by atoms with Gasteiger partial charge in [-0.05, 0) is 11.6 Å². The highest BCUT2D eigenvalue weighted by atomic mass is 35.5. The predicted octanol–water partition coefficient (Wildman–Crippen LogP) is 2.12. The molecule has 3 rings (SSSR count). The molecule has 3 aromatic rings. The van der Waals surface area contributed by atoms with Crippen molar-refractivity contribution in [3.05, 3.63) is 65.1 Å². The van der Waals surface area contributed by atoms with E-state index >= 15 is 0 Å². The molecule has 0 aliphatic heterocycles. The number of rotatable bonds is 6. The van der Waals surface area contributed by atoms with Crippen molar-refractivity contribution in [2.75, 3.05) is 5.32 Å². The van der Waals surface area contributed by atoms with Crippen LogP contribution >= 0.6 is 11.6 Å². The molecule has 128 valence electrons. The summed E-state index contributed by atoms with van der Waals surface area (Å²) in [6.45, 7) is 0.172. The van der Waals surface area contributed by atoms with Crippen LogP contribution in [-0.4, -0.2) is 36.5 Å². The van der Waals surface area contributed by atoms with Gasteiger partial charge in [0, 0.05) is 23.5 Å². The minimum Gasteiger partial charge on any atom is -0.480 e. The van der Waals surface area contributed by atoms with E-state index < -0.39 is 11.9 Å². The molecule has 0 saturated heterocycles. The first-order valence-corrected chi connectivity index (χ1v) is 7.71. The molecule has 25 heavy (non-hydrogen) atoms. The molecule has 2 aromatic heterocycles. The van der Waals surface area contributed by atoms with E-state index in [4.69, 9.17) is 16.7 Å². The van der Waals surface area contributed by atoms with Crippen LogP contribution in [0, 0.1) is 0 Å². The van der Waals surface area contributed by atoms with Crippen molar-refractivity contribution in [2.45, 2.75) is 13.1 Å². The lowest BCUT2D eigenvalue weighted by molar-refractivity contribution is -0.137. The van der Waals surface area contributed by atoms with E-state index in [1.54, 1.807) is 23.0 Å². The van der Waals surface area contributed by atoms with Crippen LogP contribution in [0.5, 0.6) is 0 Å². The number of nitrogens with one attached hydrogen (secondary N) is 1. The van der Waals surface area contributed by atoms with Gasteiger partial charge in [0.1, 0.15) is 6.54 Å². The maximum absolute atomic E-state index is 12.2. The number of halogens is 1. The molecule has 8 nitrogen and oxygen atoms in total. The Morgan fingerprint density at radius 1 is 1.20 bits per heavy atom. The second-order valence-electron chi connectivity index (χ2n) is 5.26. The van der Waals surface area contributed by atoms with Gasteiger partial charge >= 0.3 is 5.97 Å². The molecule has 0 spiro atoms. The zero-order chi connectivity index (χ0) is 17.8. The fourth-order valence-corrected chi connectivity index (χ4v) is 2.41. The number of carboxylic acid groups (broad SMARTS) is 1. The summed E-state index contributed by atoms with van der Waals surface area (Å²) in [4.78, 5) is 22.8. The lowest BCUT2D eigenvalue weighted by Crippen LogP contribution is -2.13. The Bertz CT molecular complexity index is 918. The smallest absolute Gasteiger partial charge is 0.325 e. The van der Waals surface area contributed by atoms with Crippen LogP contribution in [0.25, 0.3) is 0 Å². The number of aliphatic carboxylic acids is 1. The molecule has 1 amide bonds. The predicted molar refractivity (Wildman–Crippen MR) is 90.6 cm³/mol. The normalized spacial score (nSPS) is 10.6. The Labute approximate surface area is 147 Å². The van der Waals surface area contributed by atoms with Gasteiger partial charge in [0.05, 0.1) is 18.3 Å². The van der Waals surface area contributed by atoms with E-state index in [1.807, 2.05) is 18.2 Å². The standard InChI is InChI=1S/C16H14ClN5O3/c17-13-4-2-1-3-11(13)8-21-6-5-14(20-21)19-16(25)12-7-18-22(9-12)10-15(23)24/h1-7,9H,8,10H2,(H,23,24)(H,19,20,25). The monoisotopic (exact) mass is 359 g/mol. The van der Waals surface area contributed by atoms with Crippen LogP contribution in [0.15, 0.2) is 48.9 Å². The highest BCUT2D eigenvalue weighted by Crippen LogP contribution is 2.16. The van der Waals surface area contributed by atoms with Crippen LogP contribution in [0.4, 0.5) is 5.82 Å². The molecule has 0 aliphatic carbocycles. The molecule has 2 heterocycles. The molecule has 0 saturated carbocycles. The minimum atomic E-state index is -1.03. The summed E-state index contributed by atoms with van der Waals surface area (Å²) in [5.41, 5.74) is 1.17. The summed E-state index contributed by atoms with van der Waals surface area (Å²) in [6, 6.07) is 9.11. The Balaban J connectivity index is 1.65. The van der Waals surface area contributed by atoms with E-state index in [-0.39, 0.29) is 12.1 Å². The average Bonchev–Trinajstić information content (AvgIpc) is 3.19. The highest BCUT2D eigenvalue weighted by Gasteiger charge is 2.12. The number of carbonyl (C=O) groups is 2. The van der Waals surface area contributed by atoms with Crippen molar-refractivity contribution in [3.8, 4) is 0 Å². The molecule has 0 aliphatic rings. The van der Waals surface area contributed by atoms with E-state index in [2.05, 4.69) is 15.5 Å². The largest absolute Gasteiger partial charge is 0.480 e. The quantitative estimate of drug-likeness (QED) is 0.701. The first-order chi connectivity index (χ1) is 12.0. The third-order valence-corrected chi connectivity index (χ3v) is 3.73. The molecule has 0 bridgehead atoms. The molecule has 0 fully saturated rings. The van der Waals surface area contributed by atoms with Gasteiger partial charge in [-0.3, -0.25) is 19.0 Å². The number of carboxylic acids is 1. The second-order valence-corrected chi connectivity index (χ2v) is 5.67. The topological polar surface area (TPSA) is 102 Å². The maximum atomic E-state index is 12.2. The van der Waals surface area contributed by atoms with Gasteiger partial charge in [0.25, 0.3) is 5.91 Å². The Hall–Kier alpha value is -3.13. The number of benzene rings is 1. The van der Waals surface area contributed by atoms with Gasteiger partial charge in [-0.2, -0.15) is 10.2 Å². The SMILES string of the molecule is O=C(O)Cn1cc(C(=O)Nc2ccn(Cc3ccccc3Cl)n2)cn1. The summed E-state index contributed by atoms with van der Waals surface area (Å²) in [6.07, 6.45) is 4.40. The summed E-state index contributed by atoms with van der Waals surface area (Å²) >= 11 is 6.12. The molecular weight excluding hydrogens is 346 g/mol. The van der Waals surface area contributed by atoms with Gasteiger partial charge in [-0.15, -0.1) is 0 Å². The highest BCUT2D eigenvalue weighted by molar-refractivity contribution is 6.31. The molecule has 9 heteroatoms. The van der Waals surface area contributed by atoms with Crippen molar-refractivity contribution in [2.24, 2.45) is 0 Å². The molecule has 1 aromatic carbocycles. The van der Waals surface area contributed by atoms with E-state index in [0.717, 1.165) is 5.56 Å². The Morgan fingerprint density at radius 3 is 2.76 bits per heavy atom. The first-order valence-electron chi connectivity index (χ1n) is 7.34. The minimum absolute atomic E-state index is 0.252. The van der Waals surface area contributed by atoms with Crippen LogP contribution in [0.1, 0.15) is 15.9 Å². The lowest BCUT2D eigenvalue weighted by atomic mass is 10.2. The fraction of sp³-hybridized carbons (Fsp3) is 0.125. The van der Waals surface area contributed by atoms with Gasteiger partial charge in [0.15, 0.2) is 5.82 Å². The fourth-order valence-electron chi connectivity index (χ4n) is 2.21. The van der Waals surface area contributed by atoms with Gasteiger partial charge in [0.2, 0.25) is 0 Å². The Morgan fingerprint density at radius 2 is 2.00 bits per heavy atom. The molecule has 2 N–H and O–H groups in total. The summed E-state index contributed by atoms with van der Waals surface area (Å²) in [5.74, 6) is -1.07. The van der Waals surface area contributed by atoms with Gasteiger partial charge in [-0.1, -0.05) is 29.8 Å². The maximum Gasteiger partial charge on any atom is 0.325 e. The van der Waals surface area contributed by atoms with Crippen molar-refractivity contribution in [3.63, 3.8) is 0 Å². The van der Waals surface area contributed by atoms with Crippen molar-refractivity contribution >= 4 is 29.3 Å². The lowest BCUT2D eigenvalue weighted by Gasteiger charge is -2.04. The van der Waals surface area contributed by atoms with E-state index in [9.17, 15) is 9.59 Å². The summed E-state index contributed by atoms with van der Waals surface area (Å²) in [7, 11) is 0. The third-order valence-electron chi connectivity index (χ3n) is 3.37. The number of hydrogen-bond donors (Lipinski definition) is 2. The van der Waals surface area contributed by atoms with Crippen molar-refractivity contribution in [1.29, 1.82) is 0 Å². The van der Waals surface area contributed by atoms with E-state index in [1.165, 1.54) is 17.1 Å². The second kappa shape index (κ2) is 7.18.